The van der Waals surface area contributed by atoms with Crippen molar-refractivity contribution in [2.45, 2.75) is 53.5 Å². The summed E-state index contributed by atoms with van der Waals surface area (Å²) in [6.45, 7) is 20.0. The molecule has 2 unspecified atom stereocenters. The highest BCUT2D eigenvalue weighted by atomic mass is 16.3. The number of rotatable bonds is 8. The van der Waals surface area contributed by atoms with E-state index in [0.29, 0.717) is 0 Å². The molecule has 0 saturated heterocycles. The summed E-state index contributed by atoms with van der Waals surface area (Å²) in [6.07, 6.45) is 5.01. The van der Waals surface area contributed by atoms with Gasteiger partial charge in [-0.2, -0.15) is 0 Å². The Morgan fingerprint density at radius 2 is 1.50 bits per heavy atom. The quantitative estimate of drug-likeness (QED) is 0.320. The fourth-order valence-corrected chi connectivity index (χ4v) is 5.14. The fourth-order valence-electron chi connectivity index (χ4n) is 5.14. The first-order chi connectivity index (χ1) is 17.4. The van der Waals surface area contributed by atoms with Gasteiger partial charge in [0, 0.05) is 36.7 Å². The number of nitrogens with zero attached hydrogens (tertiary/aromatic N) is 1. The summed E-state index contributed by atoms with van der Waals surface area (Å²) >= 11 is 0. The van der Waals surface area contributed by atoms with Crippen LogP contribution in [0.2, 0.25) is 0 Å². The van der Waals surface area contributed by atoms with Crippen molar-refractivity contribution in [1.29, 1.82) is 0 Å². The van der Waals surface area contributed by atoms with Crippen LogP contribution >= 0.6 is 0 Å². The molecular weight excluding hydrogens is 438 g/mol. The summed E-state index contributed by atoms with van der Waals surface area (Å²) in [5.41, 5.74) is 9.84. The lowest BCUT2D eigenvalue weighted by Crippen LogP contribution is -2.30. The van der Waals surface area contributed by atoms with E-state index >= 15 is 0 Å². The molecule has 188 valence electrons. The van der Waals surface area contributed by atoms with Crippen LogP contribution < -0.4 is 0 Å². The van der Waals surface area contributed by atoms with Gasteiger partial charge in [0.2, 0.25) is 0 Å². The Labute approximate surface area is 218 Å². The first kappa shape index (κ1) is 27.1. The van der Waals surface area contributed by atoms with Gasteiger partial charge in [-0.25, -0.2) is 0 Å². The first-order valence-corrected chi connectivity index (χ1v) is 13.0. The van der Waals surface area contributed by atoms with Crippen molar-refractivity contribution in [3.05, 3.63) is 143 Å². The predicted molar refractivity (Wildman–Crippen MR) is 154 cm³/mol. The molecule has 1 aliphatic carbocycles. The normalized spacial score (nSPS) is 17.1. The van der Waals surface area contributed by atoms with Crippen LogP contribution in [0, 0.1) is 5.92 Å². The van der Waals surface area contributed by atoms with Gasteiger partial charge in [0.15, 0.2) is 0 Å². The minimum absolute atomic E-state index is 0.154. The van der Waals surface area contributed by atoms with Gasteiger partial charge in [-0.3, -0.25) is 0 Å². The molecule has 0 bridgehead atoms. The van der Waals surface area contributed by atoms with E-state index in [0.717, 1.165) is 29.9 Å². The maximum absolute atomic E-state index is 5.86. The fraction of sp³-hybridized carbons (Fsp3) is 0.294. The Hall–Kier alpha value is -3.52. The predicted octanol–water partition coefficient (Wildman–Crippen LogP) is 9.09. The molecule has 1 aliphatic rings. The van der Waals surface area contributed by atoms with Gasteiger partial charge in [-0.15, -0.1) is 0 Å². The second-order valence-corrected chi connectivity index (χ2v) is 9.52. The van der Waals surface area contributed by atoms with Crippen LogP contribution in [0.1, 0.15) is 63.0 Å². The topological polar surface area (TPSA) is 16.4 Å². The van der Waals surface area contributed by atoms with Crippen molar-refractivity contribution >= 4 is 0 Å². The monoisotopic (exact) mass is 479 g/mol. The van der Waals surface area contributed by atoms with Crippen LogP contribution in [0.25, 0.3) is 0 Å². The molecule has 1 aromatic heterocycles. The van der Waals surface area contributed by atoms with Crippen molar-refractivity contribution < 1.29 is 4.42 Å². The van der Waals surface area contributed by atoms with Crippen molar-refractivity contribution in [1.82, 2.24) is 4.90 Å². The molecule has 3 aromatic rings. The van der Waals surface area contributed by atoms with Crippen LogP contribution in [0.3, 0.4) is 0 Å². The molecule has 0 radical (unpaired) electrons. The summed E-state index contributed by atoms with van der Waals surface area (Å²) in [4.78, 5) is 2.41. The molecule has 4 rings (SSSR count). The van der Waals surface area contributed by atoms with Crippen molar-refractivity contribution in [2.75, 3.05) is 7.05 Å². The van der Waals surface area contributed by atoms with E-state index in [-0.39, 0.29) is 11.8 Å². The third-order valence-electron chi connectivity index (χ3n) is 6.77. The summed E-state index contributed by atoms with van der Waals surface area (Å²) in [5, 5.41) is 0. The van der Waals surface area contributed by atoms with Crippen LogP contribution in [0.15, 0.2) is 125 Å². The number of hydrogen-bond acceptors (Lipinski definition) is 2. The molecule has 0 N–H and O–H groups in total. The van der Waals surface area contributed by atoms with Crippen molar-refractivity contribution in [3.63, 3.8) is 0 Å². The van der Waals surface area contributed by atoms with E-state index in [1.165, 1.54) is 33.5 Å². The molecule has 0 fully saturated rings. The van der Waals surface area contributed by atoms with Gasteiger partial charge in [0.1, 0.15) is 5.76 Å². The molecule has 0 saturated carbocycles. The summed E-state index contributed by atoms with van der Waals surface area (Å²) < 4.78 is 5.86. The molecule has 2 nitrogen and oxygen atoms in total. The standard InChI is InChI=1S/C32H35NO.C2H6/c1-22(2)28-20-29(30-17-12-18-34-30)24(5)32(31(28)23(3)4)33(6)21-27-16-11-10-15-26(27)19-25-13-8-7-9-14-25;1-2/h7-18,20,24,29H,1,3,19,21H2,2,4-6H3;1-2H3. The highest BCUT2D eigenvalue weighted by Gasteiger charge is 2.33. The smallest absolute Gasteiger partial charge is 0.111 e. The zero-order valence-corrected chi connectivity index (χ0v) is 22.8. The molecule has 2 atom stereocenters. The van der Waals surface area contributed by atoms with E-state index in [2.05, 4.69) is 113 Å². The molecule has 1 heterocycles. The molecule has 2 heteroatoms. The van der Waals surface area contributed by atoms with Gasteiger partial charge < -0.3 is 9.32 Å². The van der Waals surface area contributed by atoms with E-state index in [1.807, 2.05) is 19.9 Å². The third-order valence-corrected chi connectivity index (χ3v) is 6.77. The highest BCUT2D eigenvalue weighted by molar-refractivity contribution is 5.59. The first-order valence-electron chi connectivity index (χ1n) is 13.0. The summed E-state index contributed by atoms with van der Waals surface area (Å²) in [7, 11) is 2.20. The van der Waals surface area contributed by atoms with Gasteiger partial charge >= 0.3 is 0 Å². The van der Waals surface area contributed by atoms with Gasteiger partial charge in [0.05, 0.1) is 6.26 Å². The van der Waals surface area contributed by atoms with Gasteiger partial charge in [-0.05, 0) is 60.2 Å². The van der Waals surface area contributed by atoms with E-state index < -0.39 is 0 Å². The van der Waals surface area contributed by atoms with Crippen molar-refractivity contribution in [3.8, 4) is 0 Å². The third kappa shape index (κ3) is 5.99. The largest absolute Gasteiger partial charge is 0.469 e. The van der Waals surface area contributed by atoms with Crippen LogP contribution in [-0.2, 0) is 13.0 Å². The average molecular weight is 480 g/mol. The Bertz CT molecular complexity index is 1230. The minimum Gasteiger partial charge on any atom is -0.469 e. The van der Waals surface area contributed by atoms with Crippen molar-refractivity contribution in [2.24, 2.45) is 5.92 Å². The lowest BCUT2D eigenvalue weighted by molar-refractivity contribution is 0.325. The maximum atomic E-state index is 5.86. The second-order valence-electron chi connectivity index (χ2n) is 9.52. The zero-order valence-electron chi connectivity index (χ0n) is 22.8. The molecule has 2 aromatic carbocycles. The molecule has 0 spiro atoms. The number of allylic oxidation sites excluding steroid dienone is 6. The number of hydrogen-bond donors (Lipinski definition) is 0. The zero-order chi connectivity index (χ0) is 26.2. The van der Waals surface area contributed by atoms with E-state index in [9.17, 15) is 0 Å². The number of benzene rings is 2. The Morgan fingerprint density at radius 3 is 2.08 bits per heavy atom. The lowest BCUT2D eigenvalue weighted by atomic mass is 9.75. The van der Waals surface area contributed by atoms with E-state index in [1.54, 1.807) is 6.26 Å². The maximum Gasteiger partial charge on any atom is 0.111 e. The van der Waals surface area contributed by atoms with Gasteiger partial charge in [0.25, 0.3) is 0 Å². The Kier molecular flexibility index (Phi) is 9.36. The highest BCUT2D eigenvalue weighted by Crippen LogP contribution is 2.45. The molecule has 0 aliphatic heterocycles. The Morgan fingerprint density at radius 1 is 0.861 bits per heavy atom. The van der Waals surface area contributed by atoms with Crippen LogP contribution in [0.4, 0.5) is 0 Å². The summed E-state index contributed by atoms with van der Waals surface area (Å²) in [5.74, 6) is 1.39. The number of furan rings is 1. The molecule has 36 heavy (non-hydrogen) atoms. The van der Waals surface area contributed by atoms with E-state index in [4.69, 9.17) is 4.42 Å². The average Bonchev–Trinajstić information content (AvgIpc) is 3.41. The summed E-state index contributed by atoms with van der Waals surface area (Å²) in [6, 6.07) is 23.5. The second kappa shape index (κ2) is 12.4. The Balaban J connectivity index is 0.00000176. The molecule has 0 amide bonds. The van der Waals surface area contributed by atoms with Gasteiger partial charge in [-0.1, -0.05) is 100 Å². The van der Waals surface area contributed by atoms with Crippen LogP contribution in [-0.4, -0.2) is 11.9 Å². The molecular formula is C34H41NO. The SMILES string of the molecule is C=C(C)C1=CC(c2ccco2)C(C)C(N(C)Cc2ccccc2Cc2ccccc2)=C1C(=C)C.CC. The van der Waals surface area contributed by atoms with Crippen LogP contribution in [0.5, 0.6) is 0 Å². The minimum atomic E-state index is 0.154. The lowest BCUT2D eigenvalue weighted by Gasteiger charge is -2.38.